The van der Waals surface area contributed by atoms with Gasteiger partial charge in [-0.15, -0.1) is 11.3 Å². The topological polar surface area (TPSA) is 44.8 Å². The molecule has 3 aromatic rings. The molecule has 1 N–H and O–H groups in total. The highest BCUT2D eigenvalue weighted by atomic mass is 32.1. The number of hydrogen-bond acceptors (Lipinski definition) is 5. The minimum absolute atomic E-state index is 0.0131. The van der Waals surface area contributed by atoms with Gasteiger partial charge in [-0.05, 0) is 60.3 Å². The third kappa shape index (κ3) is 5.92. The van der Waals surface area contributed by atoms with Crippen molar-refractivity contribution in [1.29, 1.82) is 0 Å². The van der Waals surface area contributed by atoms with Gasteiger partial charge in [0.1, 0.15) is 11.6 Å². The van der Waals surface area contributed by atoms with Gasteiger partial charge in [-0.3, -0.25) is 9.69 Å². The fourth-order valence-electron chi connectivity index (χ4n) is 4.43. The first-order valence-corrected chi connectivity index (χ1v) is 12.1. The van der Waals surface area contributed by atoms with Gasteiger partial charge in [-0.2, -0.15) is 0 Å². The van der Waals surface area contributed by atoms with Gasteiger partial charge in [0.05, 0.1) is 19.6 Å². The number of nitrogens with zero attached hydrogens (tertiary/aromatic N) is 2. The van der Waals surface area contributed by atoms with Crippen molar-refractivity contribution in [3.63, 3.8) is 0 Å². The second-order valence-corrected chi connectivity index (χ2v) is 9.32. The number of amides is 1. The molecule has 0 bridgehead atoms. The average molecular weight is 468 g/mol. The summed E-state index contributed by atoms with van der Waals surface area (Å²) in [6.07, 6.45) is 0.337. The summed E-state index contributed by atoms with van der Waals surface area (Å²) in [5.74, 6) is 0.582. The number of halogens is 1. The molecule has 1 aliphatic heterocycles. The minimum atomic E-state index is -0.214. The Bertz CT molecular complexity index is 1020. The highest BCUT2D eigenvalue weighted by Crippen LogP contribution is 2.30. The molecule has 1 aromatic heterocycles. The fourth-order valence-corrected chi connectivity index (χ4v) is 5.39. The van der Waals surface area contributed by atoms with Gasteiger partial charge in [0.15, 0.2) is 0 Å². The van der Waals surface area contributed by atoms with E-state index in [1.165, 1.54) is 17.0 Å². The molecule has 33 heavy (non-hydrogen) atoms. The number of ether oxygens (including phenoxy) is 1. The zero-order valence-electron chi connectivity index (χ0n) is 19.0. The predicted octanol–water partition coefficient (Wildman–Crippen LogP) is 4.51. The van der Waals surface area contributed by atoms with Crippen molar-refractivity contribution >= 4 is 22.9 Å². The molecule has 0 saturated carbocycles. The maximum Gasteiger partial charge on any atom is 0.224 e. The van der Waals surface area contributed by atoms with E-state index in [-0.39, 0.29) is 23.8 Å². The van der Waals surface area contributed by atoms with Gasteiger partial charge >= 0.3 is 0 Å². The van der Waals surface area contributed by atoms with E-state index in [0.29, 0.717) is 6.42 Å². The first-order chi connectivity index (χ1) is 16.0. The molecule has 1 aliphatic rings. The molecule has 0 unspecified atom stereocenters. The molecule has 0 radical (unpaired) electrons. The molecule has 174 valence electrons. The molecular weight excluding hydrogens is 437 g/mol. The van der Waals surface area contributed by atoms with E-state index in [0.717, 1.165) is 43.2 Å². The number of rotatable bonds is 8. The largest absolute Gasteiger partial charge is 0.497 e. The van der Waals surface area contributed by atoms with E-state index < -0.39 is 0 Å². The van der Waals surface area contributed by atoms with Crippen LogP contribution in [0.3, 0.4) is 0 Å². The third-order valence-corrected chi connectivity index (χ3v) is 7.06. The van der Waals surface area contributed by atoms with Gasteiger partial charge < -0.3 is 15.0 Å². The maximum atomic E-state index is 13.3. The average Bonchev–Trinajstić information content (AvgIpc) is 3.35. The van der Waals surface area contributed by atoms with Crippen LogP contribution in [0.15, 0.2) is 66.0 Å². The predicted molar refractivity (Wildman–Crippen MR) is 132 cm³/mol. The number of nitrogens with one attached hydrogen (secondary N) is 1. The Labute approximate surface area is 198 Å². The molecule has 2 atom stereocenters. The summed E-state index contributed by atoms with van der Waals surface area (Å²) in [7, 11) is 1.63. The number of hydrogen-bond donors (Lipinski definition) is 1. The zero-order chi connectivity index (χ0) is 23.2. The van der Waals surface area contributed by atoms with E-state index in [2.05, 4.69) is 39.6 Å². The molecule has 7 heteroatoms. The van der Waals surface area contributed by atoms with Crippen LogP contribution in [0.1, 0.15) is 23.4 Å². The molecule has 0 aliphatic carbocycles. The summed E-state index contributed by atoms with van der Waals surface area (Å²) in [5.41, 5.74) is 2.01. The van der Waals surface area contributed by atoms with Gasteiger partial charge in [-0.1, -0.05) is 18.2 Å². The lowest BCUT2D eigenvalue weighted by molar-refractivity contribution is -0.121. The second kappa shape index (κ2) is 10.8. The van der Waals surface area contributed by atoms with Crippen LogP contribution in [0.4, 0.5) is 10.1 Å². The number of methoxy groups -OCH3 is 1. The van der Waals surface area contributed by atoms with E-state index in [4.69, 9.17) is 4.74 Å². The van der Waals surface area contributed by atoms with Crippen LogP contribution in [0, 0.1) is 5.82 Å². The molecule has 1 saturated heterocycles. The summed E-state index contributed by atoms with van der Waals surface area (Å²) in [4.78, 5) is 18.8. The van der Waals surface area contributed by atoms with Crippen molar-refractivity contribution in [2.75, 3.05) is 38.2 Å². The SMILES string of the molecule is COc1ccc(CC(=O)N[C@H](C)[C@H](c2cccs2)N2CCN(c3ccc(F)cc3)CC2)cc1. The van der Waals surface area contributed by atoms with E-state index in [9.17, 15) is 9.18 Å². The quantitative estimate of drug-likeness (QED) is 0.530. The molecule has 2 heterocycles. The lowest BCUT2D eigenvalue weighted by Crippen LogP contribution is -2.52. The Hall–Kier alpha value is -2.90. The van der Waals surface area contributed by atoms with Gasteiger partial charge in [0.2, 0.25) is 5.91 Å². The normalized spacial score (nSPS) is 16.3. The Balaban J connectivity index is 1.39. The summed E-state index contributed by atoms with van der Waals surface area (Å²) in [5, 5.41) is 5.32. The Kier molecular flexibility index (Phi) is 7.62. The monoisotopic (exact) mass is 467 g/mol. The Morgan fingerprint density at radius 1 is 1.06 bits per heavy atom. The first kappa shape index (κ1) is 23.3. The molecular formula is C26H30FN3O2S. The standard InChI is InChI=1S/C26H30FN3O2S/c1-19(28-25(31)18-20-5-11-23(32-2)12-6-20)26(24-4-3-17-33-24)30-15-13-29(14-16-30)22-9-7-21(27)8-10-22/h3-12,17,19,26H,13-16,18H2,1-2H3,(H,28,31)/t19-,26-/m1/s1. The van der Waals surface area contributed by atoms with Crippen molar-refractivity contribution in [2.45, 2.75) is 25.4 Å². The van der Waals surface area contributed by atoms with Crippen LogP contribution in [-0.2, 0) is 11.2 Å². The van der Waals surface area contributed by atoms with Crippen molar-refractivity contribution in [3.05, 3.63) is 82.3 Å². The molecule has 0 spiro atoms. The van der Waals surface area contributed by atoms with Crippen molar-refractivity contribution in [3.8, 4) is 5.75 Å². The highest BCUT2D eigenvalue weighted by Gasteiger charge is 2.31. The summed E-state index contributed by atoms with van der Waals surface area (Å²) >= 11 is 1.72. The molecule has 1 amide bonds. The van der Waals surface area contributed by atoms with E-state index in [1.807, 2.05) is 36.4 Å². The van der Waals surface area contributed by atoms with Crippen molar-refractivity contribution < 1.29 is 13.9 Å². The minimum Gasteiger partial charge on any atom is -0.497 e. The highest BCUT2D eigenvalue weighted by molar-refractivity contribution is 7.10. The lowest BCUT2D eigenvalue weighted by atomic mass is 10.0. The number of piperazine rings is 1. The lowest BCUT2D eigenvalue weighted by Gasteiger charge is -2.42. The summed E-state index contributed by atoms with van der Waals surface area (Å²) < 4.78 is 18.5. The molecule has 4 rings (SSSR count). The van der Waals surface area contributed by atoms with Gasteiger partial charge in [0.25, 0.3) is 0 Å². The van der Waals surface area contributed by atoms with Crippen LogP contribution in [0.25, 0.3) is 0 Å². The van der Waals surface area contributed by atoms with Crippen LogP contribution in [0.2, 0.25) is 0 Å². The van der Waals surface area contributed by atoms with Crippen LogP contribution >= 0.6 is 11.3 Å². The first-order valence-electron chi connectivity index (χ1n) is 11.2. The van der Waals surface area contributed by atoms with Gasteiger partial charge in [0, 0.05) is 42.8 Å². The Morgan fingerprint density at radius 3 is 2.36 bits per heavy atom. The van der Waals surface area contributed by atoms with Gasteiger partial charge in [-0.25, -0.2) is 4.39 Å². The second-order valence-electron chi connectivity index (χ2n) is 8.34. The van der Waals surface area contributed by atoms with Crippen LogP contribution in [0.5, 0.6) is 5.75 Å². The zero-order valence-corrected chi connectivity index (χ0v) is 19.9. The number of benzene rings is 2. The number of anilines is 1. The van der Waals surface area contributed by atoms with Crippen LogP contribution in [-0.4, -0.2) is 50.1 Å². The molecule has 5 nitrogen and oxygen atoms in total. The van der Waals surface area contributed by atoms with E-state index in [1.54, 1.807) is 18.4 Å². The number of carbonyl (C=O) groups is 1. The molecule has 1 fully saturated rings. The number of thiophene rings is 1. The smallest absolute Gasteiger partial charge is 0.224 e. The third-order valence-electron chi connectivity index (χ3n) is 6.12. The maximum absolute atomic E-state index is 13.3. The summed E-state index contributed by atoms with van der Waals surface area (Å²) in [6, 6.07) is 18.6. The Morgan fingerprint density at radius 2 is 1.76 bits per heavy atom. The van der Waals surface area contributed by atoms with Crippen molar-refractivity contribution in [2.24, 2.45) is 0 Å². The fraction of sp³-hybridized carbons (Fsp3) is 0.346. The summed E-state index contributed by atoms with van der Waals surface area (Å²) in [6.45, 7) is 5.56. The molecule has 2 aromatic carbocycles. The van der Waals surface area contributed by atoms with E-state index >= 15 is 0 Å². The number of carbonyl (C=O) groups excluding carboxylic acids is 1. The van der Waals surface area contributed by atoms with Crippen molar-refractivity contribution in [1.82, 2.24) is 10.2 Å². The van der Waals surface area contributed by atoms with Crippen LogP contribution < -0.4 is 15.0 Å².